The Kier molecular flexibility index (Phi) is 4.82. The fourth-order valence-corrected chi connectivity index (χ4v) is 1.73. The second-order valence-electron chi connectivity index (χ2n) is 4.49. The zero-order chi connectivity index (χ0) is 11.9. The van der Waals surface area contributed by atoms with Gasteiger partial charge >= 0.3 is 0 Å². The summed E-state index contributed by atoms with van der Waals surface area (Å²) in [6, 6.07) is 0. The quantitative estimate of drug-likeness (QED) is 0.634. The monoisotopic (exact) mass is 239 g/mol. The van der Waals surface area contributed by atoms with E-state index in [1.165, 1.54) is 19.3 Å². The summed E-state index contributed by atoms with van der Waals surface area (Å²) in [5, 5.41) is 16.2. The lowest BCUT2D eigenvalue weighted by molar-refractivity contribution is 0.0854. The number of hydrogen-bond donors (Lipinski definition) is 2. The van der Waals surface area contributed by atoms with Crippen molar-refractivity contribution in [3.05, 3.63) is 12.4 Å². The van der Waals surface area contributed by atoms with E-state index in [2.05, 4.69) is 10.4 Å². The van der Waals surface area contributed by atoms with Crippen molar-refractivity contribution in [2.24, 2.45) is 5.92 Å². The smallest absolute Gasteiger partial charge is 0.0726 e. The van der Waals surface area contributed by atoms with Crippen molar-refractivity contribution in [1.82, 2.24) is 9.78 Å². The van der Waals surface area contributed by atoms with Gasteiger partial charge in [-0.1, -0.05) is 12.8 Å². The van der Waals surface area contributed by atoms with Crippen molar-refractivity contribution in [1.29, 1.82) is 0 Å². The van der Waals surface area contributed by atoms with Crippen molar-refractivity contribution in [3.8, 4) is 0 Å². The summed E-state index contributed by atoms with van der Waals surface area (Å²) >= 11 is 0. The van der Waals surface area contributed by atoms with Gasteiger partial charge < -0.3 is 15.2 Å². The number of ether oxygens (including phenoxy) is 1. The lowest BCUT2D eigenvalue weighted by Gasteiger charge is -2.03. The van der Waals surface area contributed by atoms with Crippen LogP contribution in [0.2, 0.25) is 0 Å². The molecule has 1 aliphatic rings. The largest absolute Gasteiger partial charge is 0.394 e. The Morgan fingerprint density at radius 2 is 2.35 bits per heavy atom. The average Bonchev–Trinajstić information content (AvgIpc) is 3.04. The standard InChI is InChI=1S/C12H21N3O2/c16-6-8-17-7-5-15-10-12(9-14-15)13-4-3-11-1-2-11/h9-11,13,16H,1-8H2. The third-order valence-electron chi connectivity index (χ3n) is 2.91. The SMILES string of the molecule is OCCOCCn1cc(NCCC2CC2)cn1. The van der Waals surface area contributed by atoms with Gasteiger partial charge in [0.2, 0.25) is 0 Å². The van der Waals surface area contributed by atoms with E-state index in [1.54, 1.807) is 0 Å². The maximum atomic E-state index is 8.56. The molecule has 1 heterocycles. The van der Waals surface area contributed by atoms with Crippen LogP contribution < -0.4 is 5.32 Å². The zero-order valence-corrected chi connectivity index (χ0v) is 10.1. The van der Waals surface area contributed by atoms with E-state index in [4.69, 9.17) is 9.84 Å². The maximum Gasteiger partial charge on any atom is 0.0726 e. The van der Waals surface area contributed by atoms with E-state index in [1.807, 2.05) is 17.1 Å². The van der Waals surface area contributed by atoms with Crippen LogP contribution in [0.4, 0.5) is 5.69 Å². The van der Waals surface area contributed by atoms with Gasteiger partial charge in [-0.2, -0.15) is 5.10 Å². The van der Waals surface area contributed by atoms with Crippen LogP contribution in [0.3, 0.4) is 0 Å². The summed E-state index contributed by atoms with van der Waals surface area (Å²) in [6.07, 6.45) is 7.92. The number of nitrogens with zero attached hydrogens (tertiary/aromatic N) is 2. The third-order valence-corrected chi connectivity index (χ3v) is 2.91. The Morgan fingerprint density at radius 3 is 3.12 bits per heavy atom. The molecular weight excluding hydrogens is 218 g/mol. The first-order chi connectivity index (χ1) is 8.38. The van der Waals surface area contributed by atoms with Gasteiger partial charge in [-0.15, -0.1) is 0 Å². The van der Waals surface area contributed by atoms with E-state index in [9.17, 15) is 0 Å². The van der Waals surface area contributed by atoms with Crippen LogP contribution in [-0.2, 0) is 11.3 Å². The Morgan fingerprint density at radius 1 is 1.47 bits per heavy atom. The van der Waals surface area contributed by atoms with Gasteiger partial charge in [0.1, 0.15) is 0 Å². The molecule has 0 bridgehead atoms. The third kappa shape index (κ3) is 4.75. The number of nitrogens with one attached hydrogen (secondary N) is 1. The molecule has 0 saturated heterocycles. The number of aromatic nitrogens is 2. The summed E-state index contributed by atoms with van der Waals surface area (Å²) in [5.74, 6) is 0.962. The van der Waals surface area contributed by atoms with Gasteiger partial charge in [0.25, 0.3) is 0 Å². The van der Waals surface area contributed by atoms with Gasteiger partial charge in [-0.05, 0) is 12.3 Å². The predicted octanol–water partition coefficient (Wildman–Crippen LogP) is 1.10. The molecule has 0 unspecified atom stereocenters. The molecule has 17 heavy (non-hydrogen) atoms. The molecule has 5 nitrogen and oxygen atoms in total. The van der Waals surface area contributed by atoms with Crippen LogP contribution >= 0.6 is 0 Å². The fraction of sp³-hybridized carbons (Fsp3) is 0.750. The van der Waals surface area contributed by atoms with E-state index < -0.39 is 0 Å². The Hall–Kier alpha value is -1.07. The Labute approximate surface area is 102 Å². The molecule has 0 aromatic carbocycles. The molecule has 0 radical (unpaired) electrons. The molecule has 96 valence electrons. The van der Waals surface area contributed by atoms with Gasteiger partial charge in [-0.25, -0.2) is 0 Å². The lowest BCUT2D eigenvalue weighted by Crippen LogP contribution is -2.08. The normalized spacial score (nSPS) is 15.1. The maximum absolute atomic E-state index is 8.56. The number of hydrogen-bond acceptors (Lipinski definition) is 4. The highest BCUT2D eigenvalue weighted by atomic mass is 16.5. The van der Waals surface area contributed by atoms with Crippen molar-refractivity contribution in [2.45, 2.75) is 25.8 Å². The summed E-state index contributed by atoms with van der Waals surface area (Å²) in [6.45, 7) is 2.83. The fourth-order valence-electron chi connectivity index (χ4n) is 1.73. The average molecular weight is 239 g/mol. The van der Waals surface area contributed by atoms with Gasteiger partial charge in [-0.3, -0.25) is 4.68 Å². The molecule has 1 fully saturated rings. The predicted molar refractivity (Wildman–Crippen MR) is 66.0 cm³/mol. The lowest BCUT2D eigenvalue weighted by atomic mass is 10.3. The Balaban J connectivity index is 1.60. The minimum atomic E-state index is 0.0765. The van der Waals surface area contributed by atoms with Crippen LogP contribution in [0, 0.1) is 5.92 Å². The van der Waals surface area contributed by atoms with Crippen LogP contribution in [0.25, 0.3) is 0 Å². The minimum absolute atomic E-state index is 0.0765. The Bertz CT molecular complexity index is 323. The first kappa shape index (κ1) is 12.4. The first-order valence-electron chi connectivity index (χ1n) is 6.33. The zero-order valence-electron chi connectivity index (χ0n) is 10.1. The van der Waals surface area contributed by atoms with Gasteiger partial charge in [0.05, 0.1) is 38.2 Å². The van der Waals surface area contributed by atoms with E-state index >= 15 is 0 Å². The number of aliphatic hydroxyl groups is 1. The highest BCUT2D eigenvalue weighted by Gasteiger charge is 2.20. The van der Waals surface area contributed by atoms with Crippen LogP contribution in [-0.4, -0.2) is 41.3 Å². The van der Waals surface area contributed by atoms with Gasteiger partial charge in [0.15, 0.2) is 0 Å². The topological polar surface area (TPSA) is 59.3 Å². The van der Waals surface area contributed by atoms with Crippen LogP contribution in [0.15, 0.2) is 12.4 Å². The molecule has 0 atom stereocenters. The van der Waals surface area contributed by atoms with Crippen LogP contribution in [0.5, 0.6) is 0 Å². The van der Waals surface area contributed by atoms with Crippen molar-refractivity contribution in [3.63, 3.8) is 0 Å². The molecule has 2 N–H and O–H groups in total. The van der Waals surface area contributed by atoms with E-state index in [-0.39, 0.29) is 6.61 Å². The number of rotatable bonds is 9. The molecule has 1 aromatic rings. The second-order valence-corrected chi connectivity index (χ2v) is 4.49. The van der Waals surface area contributed by atoms with Gasteiger partial charge in [0, 0.05) is 12.7 Å². The van der Waals surface area contributed by atoms with Crippen LogP contribution in [0.1, 0.15) is 19.3 Å². The van der Waals surface area contributed by atoms with E-state index in [0.717, 1.165) is 24.7 Å². The number of anilines is 1. The molecule has 2 rings (SSSR count). The van der Waals surface area contributed by atoms with E-state index in [0.29, 0.717) is 13.2 Å². The molecular formula is C12H21N3O2. The summed E-state index contributed by atoms with van der Waals surface area (Å²) < 4.78 is 7.04. The highest BCUT2D eigenvalue weighted by Crippen LogP contribution is 2.32. The molecule has 0 spiro atoms. The molecule has 1 saturated carbocycles. The molecule has 0 aliphatic heterocycles. The summed E-state index contributed by atoms with van der Waals surface area (Å²) in [7, 11) is 0. The molecule has 0 amide bonds. The first-order valence-corrected chi connectivity index (χ1v) is 6.33. The number of aliphatic hydroxyl groups excluding tert-OH is 1. The molecule has 1 aromatic heterocycles. The molecule has 5 heteroatoms. The molecule has 1 aliphatic carbocycles. The van der Waals surface area contributed by atoms with Crippen molar-refractivity contribution in [2.75, 3.05) is 31.7 Å². The minimum Gasteiger partial charge on any atom is -0.394 e. The second kappa shape index (κ2) is 6.61. The highest BCUT2D eigenvalue weighted by molar-refractivity contribution is 5.37. The summed E-state index contributed by atoms with van der Waals surface area (Å²) in [5.41, 5.74) is 1.08. The van der Waals surface area contributed by atoms with Crippen molar-refractivity contribution < 1.29 is 9.84 Å². The van der Waals surface area contributed by atoms with Crippen molar-refractivity contribution >= 4 is 5.69 Å². The summed E-state index contributed by atoms with van der Waals surface area (Å²) in [4.78, 5) is 0.